The largest absolute Gasteiger partial charge is 0.374 e. The summed E-state index contributed by atoms with van der Waals surface area (Å²) in [5.74, 6) is 0. The lowest BCUT2D eigenvalue weighted by molar-refractivity contribution is 0.788. The Hall–Kier alpha value is -1.94. The molecule has 0 saturated carbocycles. The normalized spacial score (nSPS) is 10.4. The highest BCUT2D eigenvalue weighted by Crippen LogP contribution is 2.13. The van der Waals surface area contributed by atoms with E-state index in [0.29, 0.717) is 0 Å². The molecule has 0 radical (unpaired) electrons. The SMILES string of the molecule is CNCc1cc(N(C)CCc2ccncc2)ccn1. The van der Waals surface area contributed by atoms with E-state index in [0.717, 1.165) is 25.2 Å². The van der Waals surface area contributed by atoms with Gasteiger partial charge in [0.05, 0.1) is 5.69 Å². The fourth-order valence-electron chi connectivity index (χ4n) is 1.96. The molecule has 0 aliphatic carbocycles. The molecule has 0 unspecified atom stereocenters. The van der Waals surface area contributed by atoms with Gasteiger partial charge in [-0.1, -0.05) is 0 Å². The molecular formula is C15H20N4. The third-order valence-electron chi connectivity index (χ3n) is 3.08. The maximum atomic E-state index is 4.33. The molecule has 0 spiro atoms. The molecule has 0 amide bonds. The van der Waals surface area contributed by atoms with Gasteiger partial charge in [0.2, 0.25) is 0 Å². The Morgan fingerprint density at radius 2 is 1.95 bits per heavy atom. The van der Waals surface area contributed by atoms with E-state index in [9.17, 15) is 0 Å². The van der Waals surface area contributed by atoms with Gasteiger partial charge in [0, 0.05) is 44.4 Å². The molecule has 2 aromatic rings. The summed E-state index contributed by atoms with van der Waals surface area (Å²) in [6.45, 7) is 1.78. The monoisotopic (exact) mass is 256 g/mol. The second kappa shape index (κ2) is 6.85. The smallest absolute Gasteiger partial charge is 0.0562 e. The minimum Gasteiger partial charge on any atom is -0.374 e. The Bertz CT molecular complexity index is 499. The number of aromatic nitrogens is 2. The third kappa shape index (κ3) is 4.03. The first-order valence-electron chi connectivity index (χ1n) is 6.49. The van der Waals surface area contributed by atoms with Crippen molar-refractivity contribution >= 4 is 5.69 Å². The van der Waals surface area contributed by atoms with Crippen molar-refractivity contribution in [2.24, 2.45) is 0 Å². The van der Waals surface area contributed by atoms with E-state index in [1.807, 2.05) is 31.7 Å². The van der Waals surface area contributed by atoms with Crippen LogP contribution in [0.25, 0.3) is 0 Å². The van der Waals surface area contributed by atoms with Crippen LogP contribution < -0.4 is 10.2 Å². The minimum absolute atomic E-state index is 0.798. The molecule has 4 nitrogen and oxygen atoms in total. The van der Waals surface area contributed by atoms with Crippen molar-refractivity contribution in [1.82, 2.24) is 15.3 Å². The third-order valence-corrected chi connectivity index (χ3v) is 3.08. The summed E-state index contributed by atoms with van der Waals surface area (Å²) in [6, 6.07) is 8.30. The molecule has 0 bridgehead atoms. The van der Waals surface area contributed by atoms with Gasteiger partial charge in [0.15, 0.2) is 0 Å². The molecule has 100 valence electrons. The molecule has 0 fully saturated rings. The number of nitrogens with one attached hydrogen (secondary N) is 1. The predicted octanol–water partition coefficient (Wildman–Crippen LogP) is 1.87. The standard InChI is InChI=1S/C15H20N4/c1-16-12-14-11-15(5-9-18-14)19(2)10-6-13-3-7-17-8-4-13/h3-5,7-9,11,16H,6,10,12H2,1-2H3. The second-order valence-corrected chi connectivity index (χ2v) is 4.56. The summed E-state index contributed by atoms with van der Waals surface area (Å²) >= 11 is 0. The van der Waals surface area contributed by atoms with E-state index in [4.69, 9.17) is 0 Å². The van der Waals surface area contributed by atoms with Gasteiger partial charge in [-0.3, -0.25) is 9.97 Å². The Morgan fingerprint density at radius 1 is 1.16 bits per heavy atom. The van der Waals surface area contributed by atoms with Crippen LogP contribution in [0, 0.1) is 0 Å². The van der Waals surface area contributed by atoms with Crippen LogP contribution in [0.2, 0.25) is 0 Å². The highest BCUT2D eigenvalue weighted by molar-refractivity contribution is 5.45. The summed E-state index contributed by atoms with van der Waals surface area (Å²) in [5.41, 5.74) is 3.58. The summed E-state index contributed by atoms with van der Waals surface area (Å²) in [6.07, 6.45) is 6.56. The van der Waals surface area contributed by atoms with Crippen LogP contribution in [0.15, 0.2) is 42.9 Å². The number of rotatable bonds is 6. The van der Waals surface area contributed by atoms with Gasteiger partial charge in [-0.2, -0.15) is 0 Å². The molecule has 0 atom stereocenters. The summed E-state index contributed by atoms with van der Waals surface area (Å²) in [5, 5.41) is 3.12. The molecule has 1 N–H and O–H groups in total. The van der Waals surface area contributed by atoms with Gasteiger partial charge >= 0.3 is 0 Å². The van der Waals surface area contributed by atoms with Crippen LogP contribution in [0.4, 0.5) is 5.69 Å². The predicted molar refractivity (Wildman–Crippen MR) is 78.2 cm³/mol. The molecule has 2 heterocycles. The molecule has 19 heavy (non-hydrogen) atoms. The van der Waals surface area contributed by atoms with E-state index < -0.39 is 0 Å². The number of likely N-dealkylation sites (N-methyl/N-ethyl adjacent to an activating group) is 1. The topological polar surface area (TPSA) is 41.0 Å². The number of pyridine rings is 2. The molecule has 0 aliphatic heterocycles. The first kappa shape index (κ1) is 13.5. The molecule has 0 aromatic carbocycles. The van der Waals surface area contributed by atoms with Gasteiger partial charge in [-0.05, 0) is 43.3 Å². The average molecular weight is 256 g/mol. The Labute approximate surface area is 114 Å². The van der Waals surface area contributed by atoms with Gasteiger partial charge in [-0.15, -0.1) is 0 Å². The summed E-state index contributed by atoms with van der Waals surface area (Å²) < 4.78 is 0. The van der Waals surface area contributed by atoms with Crippen molar-refractivity contribution in [2.75, 3.05) is 25.5 Å². The van der Waals surface area contributed by atoms with E-state index >= 15 is 0 Å². The zero-order valence-electron chi connectivity index (χ0n) is 11.5. The lowest BCUT2D eigenvalue weighted by atomic mass is 10.2. The Morgan fingerprint density at radius 3 is 2.68 bits per heavy atom. The molecule has 4 heteroatoms. The van der Waals surface area contributed by atoms with Gasteiger partial charge in [0.1, 0.15) is 0 Å². The van der Waals surface area contributed by atoms with Crippen molar-refractivity contribution < 1.29 is 0 Å². The first-order chi connectivity index (χ1) is 9.29. The van der Waals surface area contributed by atoms with Crippen LogP contribution >= 0.6 is 0 Å². The quantitative estimate of drug-likeness (QED) is 0.856. The van der Waals surface area contributed by atoms with Crippen LogP contribution in [-0.2, 0) is 13.0 Å². The van der Waals surface area contributed by atoms with Crippen molar-refractivity contribution in [3.05, 3.63) is 54.1 Å². The fourth-order valence-corrected chi connectivity index (χ4v) is 1.96. The van der Waals surface area contributed by atoms with Crippen LogP contribution in [-0.4, -0.2) is 30.6 Å². The summed E-state index contributed by atoms with van der Waals surface area (Å²) in [7, 11) is 4.04. The maximum absolute atomic E-state index is 4.33. The van der Waals surface area contributed by atoms with Gasteiger partial charge in [-0.25, -0.2) is 0 Å². The van der Waals surface area contributed by atoms with E-state index in [-0.39, 0.29) is 0 Å². The van der Waals surface area contributed by atoms with Gasteiger partial charge < -0.3 is 10.2 Å². The van der Waals surface area contributed by atoms with Crippen LogP contribution in [0.5, 0.6) is 0 Å². The van der Waals surface area contributed by atoms with E-state index in [1.54, 1.807) is 0 Å². The zero-order valence-corrected chi connectivity index (χ0v) is 11.5. The molecule has 0 aliphatic rings. The van der Waals surface area contributed by atoms with Crippen LogP contribution in [0.1, 0.15) is 11.3 Å². The van der Waals surface area contributed by atoms with Gasteiger partial charge in [0.25, 0.3) is 0 Å². The van der Waals surface area contributed by atoms with Crippen LogP contribution in [0.3, 0.4) is 0 Å². The highest BCUT2D eigenvalue weighted by atomic mass is 15.1. The van der Waals surface area contributed by atoms with Crippen molar-refractivity contribution in [3.63, 3.8) is 0 Å². The number of hydrogen-bond donors (Lipinski definition) is 1. The molecular weight excluding hydrogens is 236 g/mol. The van der Waals surface area contributed by atoms with Crippen molar-refractivity contribution in [1.29, 1.82) is 0 Å². The second-order valence-electron chi connectivity index (χ2n) is 4.56. The number of nitrogens with zero attached hydrogens (tertiary/aromatic N) is 3. The molecule has 2 aromatic heterocycles. The first-order valence-corrected chi connectivity index (χ1v) is 6.49. The fraction of sp³-hybridized carbons (Fsp3) is 0.333. The summed E-state index contributed by atoms with van der Waals surface area (Å²) in [4.78, 5) is 10.6. The highest BCUT2D eigenvalue weighted by Gasteiger charge is 2.03. The molecule has 0 saturated heterocycles. The number of anilines is 1. The minimum atomic E-state index is 0.798. The van der Waals surface area contributed by atoms with Crippen molar-refractivity contribution in [3.8, 4) is 0 Å². The average Bonchev–Trinajstić information content (AvgIpc) is 2.46. The van der Waals surface area contributed by atoms with Crippen molar-refractivity contribution in [2.45, 2.75) is 13.0 Å². The lowest BCUT2D eigenvalue weighted by Crippen LogP contribution is -2.20. The lowest BCUT2D eigenvalue weighted by Gasteiger charge is -2.19. The number of hydrogen-bond acceptors (Lipinski definition) is 4. The Balaban J connectivity index is 1.95. The zero-order chi connectivity index (χ0) is 13.5. The van der Waals surface area contributed by atoms with E-state index in [1.165, 1.54) is 11.3 Å². The maximum Gasteiger partial charge on any atom is 0.0562 e. The molecule has 2 rings (SSSR count). The van der Waals surface area contributed by atoms with E-state index in [2.05, 4.69) is 45.4 Å². The Kier molecular flexibility index (Phi) is 4.86.